The lowest BCUT2D eigenvalue weighted by atomic mass is 10.2. The van der Waals surface area contributed by atoms with Crippen LogP contribution in [0.5, 0.6) is 0 Å². The molecule has 2 aliphatic rings. The molecule has 16 heavy (non-hydrogen) atoms. The third kappa shape index (κ3) is 5.12. The molecule has 2 fully saturated rings. The molecule has 0 aromatic carbocycles. The van der Waals surface area contributed by atoms with Crippen LogP contribution in [0.3, 0.4) is 0 Å². The molecule has 1 saturated heterocycles. The Morgan fingerprint density at radius 1 is 1.25 bits per heavy atom. The molecule has 5 heteroatoms. The van der Waals surface area contributed by atoms with Crippen LogP contribution in [0.1, 0.15) is 25.7 Å². The first kappa shape index (κ1) is 14.4. The van der Waals surface area contributed by atoms with Gasteiger partial charge >= 0.3 is 0 Å². The molecule has 0 amide bonds. The molecule has 2 N–H and O–H groups in total. The summed E-state index contributed by atoms with van der Waals surface area (Å²) in [5.41, 5.74) is 0. The zero-order chi connectivity index (χ0) is 10.5. The molecule has 0 radical (unpaired) electrons. The van der Waals surface area contributed by atoms with Crippen molar-refractivity contribution >= 4 is 41.7 Å². The maximum absolute atomic E-state index is 4.23. The van der Waals surface area contributed by atoms with Crippen LogP contribution in [-0.2, 0) is 0 Å². The van der Waals surface area contributed by atoms with Crippen molar-refractivity contribution in [3.8, 4) is 0 Å². The number of thioether (sulfide) groups is 1. The second-order valence-corrected chi connectivity index (χ2v) is 5.82. The Labute approximate surface area is 120 Å². The Kier molecular flexibility index (Phi) is 6.87. The van der Waals surface area contributed by atoms with Crippen LogP contribution in [-0.4, -0.2) is 37.1 Å². The molecule has 1 atom stereocenters. The molecule has 1 aliphatic heterocycles. The van der Waals surface area contributed by atoms with Crippen molar-refractivity contribution in [3.63, 3.8) is 0 Å². The van der Waals surface area contributed by atoms with E-state index >= 15 is 0 Å². The number of rotatable bonds is 4. The molecule has 0 aromatic heterocycles. The average molecular weight is 355 g/mol. The topological polar surface area (TPSA) is 36.4 Å². The Balaban J connectivity index is 0.00000128. The van der Waals surface area contributed by atoms with Crippen molar-refractivity contribution in [1.29, 1.82) is 0 Å². The van der Waals surface area contributed by atoms with Gasteiger partial charge in [-0.25, -0.2) is 0 Å². The summed E-state index contributed by atoms with van der Waals surface area (Å²) in [7, 11) is 1.85. The van der Waals surface area contributed by atoms with Crippen LogP contribution in [0.2, 0.25) is 0 Å². The summed E-state index contributed by atoms with van der Waals surface area (Å²) in [5, 5.41) is 7.59. The zero-order valence-electron chi connectivity index (χ0n) is 9.87. The lowest BCUT2D eigenvalue weighted by Crippen LogP contribution is -2.40. The van der Waals surface area contributed by atoms with E-state index in [-0.39, 0.29) is 24.0 Å². The summed E-state index contributed by atoms with van der Waals surface area (Å²) >= 11 is 2.09. The van der Waals surface area contributed by atoms with Gasteiger partial charge < -0.3 is 10.6 Å². The maximum Gasteiger partial charge on any atom is 0.191 e. The first-order chi connectivity index (χ1) is 7.38. The standard InChI is InChI=1S/C11H21N3S.HI/c1-12-11(13-7-9-4-5-9)14-8-10-3-2-6-15-10;/h9-10H,2-8H2,1H3,(H2,12,13,14);1H. The summed E-state index contributed by atoms with van der Waals surface area (Å²) in [4.78, 5) is 4.23. The van der Waals surface area contributed by atoms with E-state index in [0.29, 0.717) is 0 Å². The summed E-state index contributed by atoms with van der Waals surface area (Å²) in [5.74, 6) is 3.22. The predicted octanol–water partition coefficient (Wildman–Crippen LogP) is 2.07. The summed E-state index contributed by atoms with van der Waals surface area (Å²) < 4.78 is 0. The quantitative estimate of drug-likeness (QED) is 0.461. The smallest absolute Gasteiger partial charge is 0.191 e. The fraction of sp³-hybridized carbons (Fsp3) is 0.909. The third-order valence-electron chi connectivity index (χ3n) is 3.00. The molecular weight excluding hydrogens is 333 g/mol. The van der Waals surface area contributed by atoms with Gasteiger partial charge in [0.25, 0.3) is 0 Å². The van der Waals surface area contributed by atoms with Gasteiger partial charge in [-0.05, 0) is 37.4 Å². The summed E-state index contributed by atoms with van der Waals surface area (Å²) in [6.45, 7) is 2.16. The first-order valence-corrected chi connectivity index (χ1v) is 6.99. The fourth-order valence-electron chi connectivity index (χ4n) is 1.80. The summed E-state index contributed by atoms with van der Waals surface area (Å²) in [6.07, 6.45) is 5.52. The van der Waals surface area contributed by atoms with Crippen molar-refractivity contribution in [3.05, 3.63) is 0 Å². The van der Waals surface area contributed by atoms with Gasteiger partial charge in [0, 0.05) is 25.4 Å². The number of hydrogen-bond acceptors (Lipinski definition) is 2. The third-order valence-corrected chi connectivity index (χ3v) is 4.40. The Hall–Kier alpha value is 0.350. The average Bonchev–Trinajstić information content (AvgIpc) is 2.94. The van der Waals surface area contributed by atoms with E-state index in [4.69, 9.17) is 0 Å². The molecule has 2 rings (SSSR count). The Bertz CT molecular complexity index is 225. The van der Waals surface area contributed by atoms with Crippen molar-refractivity contribution in [2.75, 3.05) is 25.9 Å². The van der Waals surface area contributed by atoms with Crippen LogP contribution >= 0.6 is 35.7 Å². The van der Waals surface area contributed by atoms with Gasteiger partial charge in [0.15, 0.2) is 5.96 Å². The number of halogens is 1. The predicted molar refractivity (Wildman–Crippen MR) is 83.0 cm³/mol. The summed E-state index contributed by atoms with van der Waals surface area (Å²) in [6, 6.07) is 0. The number of hydrogen-bond donors (Lipinski definition) is 2. The Morgan fingerprint density at radius 3 is 2.56 bits per heavy atom. The lowest BCUT2D eigenvalue weighted by Gasteiger charge is -2.14. The normalized spacial score (nSPS) is 25.1. The lowest BCUT2D eigenvalue weighted by molar-refractivity contribution is 0.707. The van der Waals surface area contributed by atoms with Crippen LogP contribution in [0.25, 0.3) is 0 Å². The molecule has 3 nitrogen and oxygen atoms in total. The molecule has 0 aromatic rings. The molecule has 1 aliphatic carbocycles. The highest BCUT2D eigenvalue weighted by atomic mass is 127. The van der Waals surface area contributed by atoms with Gasteiger partial charge in [0.05, 0.1) is 0 Å². The van der Waals surface area contributed by atoms with E-state index < -0.39 is 0 Å². The minimum Gasteiger partial charge on any atom is -0.356 e. The fourth-order valence-corrected chi connectivity index (χ4v) is 3.00. The number of guanidine groups is 1. The highest BCUT2D eigenvalue weighted by Crippen LogP contribution is 2.27. The Morgan fingerprint density at radius 2 is 2.00 bits per heavy atom. The monoisotopic (exact) mass is 355 g/mol. The van der Waals surface area contributed by atoms with E-state index in [1.807, 2.05) is 7.05 Å². The molecule has 1 unspecified atom stereocenters. The van der Waals surface area contributed by atoms with Crippen LogP contribution in [0, 0.1) is 5.92 Å². The van der Waals surface area contributed by atoms with E-state index in [0.717, 1.165) is 30.2 Å². The number of nitrogens with zero attached hydrogens (tertiary/aromatic N) is 1. The zero-order valence-corrected chi connectivity index (χ0v) is 13.0. The largest absolute Gasteiger partial charge is 0.356 e. The maximum atomic E-state index is 4.23. The van der Waals surface area contributed by atoms with Crippen molar-refractivity contribution in [1.82, 2.24) is 10.6 Å². The molecule has 94 valence electrons. The highest BCUT2D eigenvalue weighted by Gasteiger charge is 2.21. The first-order valence-electron chi connectivity index (χ1n) is 5.94. The molecule has 0 spiro atoms. The molecule has 1 saturated carbocycles. The van der Waals surface area contributed by atoms with E-state index in [1.165, 1.54) is 31.4 Å². The van der Waals surface area contributed by atoms with Gasteiger partial charge in [0.1, 0.15) is 0 Å². The molecule has 0 bridgehead atoms. The molecular formula is C11H22IN3S. The van der Waals surface area contributed by atoms with E-state index in [2.05, 4.69) is 27.4 Å². The second kappa shape index (κ2) is 7.63. The SMILES string of the molecule is CN=C(NCC1CC1)NCC1CCCS1.I. The van der Waals surface area contributed by atoms with Crippen molar-refractivity contribution in [2.24, 2.45) is 10.9 Å². The number of aliphatic imine (C=N–C) groups is 1. The van der Waals surface area contributed by atoms with Crippen LogP contribution in [0.4, 0.5) is 0 Å². The van der Waals surface area contributed by atoms with Crippen LogP contribution in [0.15, 0.2) is 4.99 Å². The van der Waals surface area contributed by atoms with Gasteiger partial charge in [0.2, 0.25) is 0 Å². The van der Waals surface area contributed by atoms with Crippen molar-refractivity contribution < 1.29 is 0 Å². The molecule has 1 heterocycles. The minimum atomic E-state index is 0. The van der Waals surface area contributed by atoms with Gasteiger partial charge in [-0.2, -0.15) is 11.8 Å². The van der Waals surface area contributed by atoms with E-state index in [1.54, 1.807) is 0 Å². The van der Waals surface area contributed by atoms with Crippen molar-refractivity contribution in [2.45, 2.75) is 30.9 Å². The van der Waals surface area contributed by atoms with Gasteiger partial charge in [-0.1, -0.05) is 0 Å². The van der Waals surface area contributed by atoms with Gasteiger partial charge in [-0.15, -0.1) is 24.0 Å². The van der Waals surface area contributed by atoms with Gasteiger partial charge in [-0.3, -0.25) is 4.99 Å². The highest BCUT2D eigenvalue weighted by molar-refractivity contribution is 14.0. The minimum absolute atomic E-state index is 0. The second-order valence-electron chi connectivity index (χ2n) is 4.41. The number of nitrogens with one attached hydrogen (secondary N) is 2. The van der Waals surface area contributed by atoms with E-state index in [9.17, 15) is 0 Å². The van der Waals surface area contributed by atoms with Crippen LogP contribution < -0.4 is 10.6 Å².